The molecule has 6 heteroatoms. The van der Waals surface area contributed by atoms with Gasteiger partial charge in [-0.1, -0.05) is 0 Å². The molecule has 3 heterocycles. The normalized spacial score (nSPS) is 20.6. The summed E-state index contributed by atoms with van der Waals surface area (Å²) in [4.78, 5) is 20.1. The molecule has 1 aliphatic carbocycles. The zero-order valence-corrected chi connectivity index (χ0v) is 15.2. The molecule has 2 aliphatic rings. The molecule has 2 fully saturated rings. The lowest BCUT2D eigenvalue weighted by atomic mass is 10.1. The minimum atomic E-state index is 0.119. The fourth-order valence-electron chi connectivity index (χ4n) is 3.64. The van der Waals surface area contributed by atoms with E-state index >= 15 is 0 Å². The maximum atomic E-state index is 13.4. The van der Waals surface area contributed by atoms with Gasteiger partial charge in [0.15, 0.2) is 5.65 Å². The molecule has 1 saturated heterocycles. The van der Waals surface area contributed by atoms with Crippen molar-refractivity contribution in [1.82, 2.24) is 19.7 Å². The number of carbonyl (C=O) groups is 1. The molecular formula is C19H26N4O2. The second kappa shape index (κ2) is 6.41. The molecule has 0 aromatic carbocycles. The summed E-state index contributed by atoms with van der Waals surface area (Å²) in [5.41, 5.74) is 2.40. The Hall–Kier alpha value is -1.95. The summed E-state index contributed by atoms with van der Waals surface area (Å²) in [6, 6.07) is 2.51. The number of rotatable bonds is 5. The molecule has 0 radical (unpaired) electrons. The Balaban J connectivity index is 1.70. The Kier molecular flexibility index (Phi) is 4.23. The van der Waals surface area contributed by atoms with Crippen LogP contribution >= 0.6 is 0 Å². The van der Waals surface area contributed by atoms with E-state index in [4.69, 9.17) is 4.74 Å². The first-order chi connectivity index (χ1) is 12.0. The number of ether oxygens (including phenoxy) is 1. The molecule has 134 valence electrons. The van der Waals surface area contributed by atoms with E-state index in [1.807, 2.05) is 17.7 Å². The van der Waals surface area contributed by atoms with Crippen molar-refractivity contribution < 1.29 is 9.53 Å². The third-order valence-corrected chi connectivity index (χ3v) is 5.14. The minimum absolute atomic E-state index is 0.119. The molecule has 0 bridgehead atoms. The molecular weight excluding hydrogens is 316 g/mol. The van der Waals surface area contributed by atoms with Crippen LogP contribution in [0.3, 0.4) is 0 Å². The average molecular weight is 342 g/mol. The summed E-state index contributed by atoms with van der Waals surface area (Å²) in [6.07, 6.45) is 5.06. The molecule has 6 nitrogen and oxygen atoms in total. The van der Waals surface area contributed by atoms with E-state index in [1.54, 1.807) is 6.20 Å². The fourth-order valence-corrected chi connectivity index (χ4v) is 3.64. The first-order valence-electron chi connectivity index (χ1n) is 9.28. The SMILES string of the molecule is Cc1cc(C(=O)N(C[C@H]2CCOC2)C2CC2)c2cnn(C(C)C)c2n1. The van der Waals surface area contributed by atoms with Gasteiger partial charge in [0.25, 0.3) is 5.91 Å². The highest BCUT2D eigenvalue weighted by atomic mass is 16.5. The van der Waals surface area contributed by atoms with Gasteiger partial charge in [-0.25, -0.2) is 9.67 Å². The van der Waals surface area contributed by atoms with Crippen molar-refractivity contribution >= 4 is 16.9 Å². The van der Waals surface area contributed by atoms with Crippen molar-refractivity contribution in [3.05, 3.63) is 23.5 Å². The van der Waals surface area contributed by atoms with Crippen LogP contribution in [0.25, 0.3) is 11.0 Å². The molecule has 1 aliphatic heterocycles. The lowest BCUT2D eigenvalue weighted by Gasteiger charge is -2.25. The van der Waals surface area contributed by atoms with E-state index in [9.17, 15) is 4.79 Å². The summed E-state index contributed by atoms with van der Waals surface area (Å²) in [5.74, 6) is 0.578. The lowest BCUT2D eigenvalue weighted by molar-refractivity contribution is 0.0708. The quantitative estimate of drug-likeness (QED) is 0.838. The van der Waals surface area contributed by atoms with Gasteiger partial charge in [0.2, 0.25) is 0 Å². The lowest BCUT2D eigenvalue weighted by Crippen LogP contribution is -2.37. The van der Waals surface area contributed by atoms with Gasteiger partial charge in [-0.3, -0.25) is 4.79 Å². The topological polar surface area (TPSA) is 60.3 Å². The van der Waals surface area contributed by atoms with Gasteiger partial charge in [0, 0.05) is 36.8 Å². The van der Waals surface area contributed by atoms with Gasteiger partial charge in [-0.15, -0.1) is 0 Å². The van der Waals surface area contributed by atoms with Gasteiger partial charge in [0.05, 0.1) is 23.8 Å². The number of pyridine rings is 1. The number of hydrogen-bond acceptors (Lipinski definition) is 4. The van der Waals surface area contributed by atoms with Crippen molar-refractivity contribution in [3.8, 4) is 0 Å². The van der Waals surface area contributed by atoms with Crippen molar-refractivity contribution in [2.45, 2.75) is 52.1 Å². The van der Waals surface area contributed by atoms with Crippen LogP contribution in [-0.4, -0.2) is 51.4 Å². The van der Waals surface area contributed by atoms with Gasteiger partial charge in [0.1, 0.15) is 0 Å². The number of amides is 1. The molecule has 2 aromatic rings. The predicted molar refractivity (Wildman–Crippen MR) is 95.6 cm³/mol. The molecule has 1 saturated carbocycles. The van der Waals surface area contributed by atoms with Crippen LogP contribution in [0.4, 0.5) is 0 Å². The number of aryl methyl sites for hydroxylation is 1. The monoisotopic (exact) mass is 342 g/mol. The third kappa shape index (κ3) is 3.15. The van der Waals surface area contributed by atoms with Crippen LogP contribution in [0.15, 0.2) is 12.3 Å². The Morgan fingerprint density at radius 1 is 1.40 bits per heavy atom. The van der Waals surface area contributed by atoms with Gasteiger partial charge in [-0.2, -0.15) is 5.10 Å². The number of carbonyl (C=O) groups excluding carboxylic acids is 1. The van der Waals surface area contributed by atoms with Crippen LogP contribution in [0.2, 0.25) is 0 Å². The average Bonchev–Trinajstić information content (AvgIpc) is 3.11. The van der Waals surface area contributed by atoms with Crippen LogP contribution in [0.5, 0.6) is 0 Å². The molecule has 4 rings (SSSR count). The number of hydrogen-bond donors (Lipinski definition) is 0. The van der Waals surface area contributed by atoms with Gasteiger partial charge in [-0.05, 0) is 46.1 Å². The zero-order chi connectivity index (χ0) is 17.6. The predicted octanol–water partition coefficient (Wildman–Crippen LogP) is 2.96. The molecule has 25 heavy (non-hydrogen) atoms. The second-order valence-electron chi connectivity index (χ2n) is 7.65. The first kappa shape index (κ1) is 16.5. The van der Waals surface area contributed by atoms with Crippen LogP contribution in [-0.2, 0) is 4.74 Å². The maximum absolute atomic E-state index is 13.4. The van der Waals surface area contributed by atoms with Gasteiger partial charge >= 0.3 is 0 Å². The molecule has 0 unspecified atom stereocenters. The van der Waals surface area contributed by atoms with E-state index in [-0.39, 0.29) is 11.9 Å². The van der Waals surface area contributed by atoms with Crippen molar-refractivity contribution in [2.24, 2.45) is 5.92 Å². The number of nitrogens with zero attached hydrogens (tertiary/aromatic N) is 4. The summed E-state index contributed by atoms with van der Waals surface area (Å²) >= 11 is 0. The molecule has 2 aromatic heterocycles. The summed E-state index contributed by atoms with van der Waals surface area (Å²) < 4.78 is 7.40. The van der Waals surface area contributed by atoms with Gasteiger partial charge < -0.3 is 9.64 Å². The highest BCUT2D eigenvalue weighted by molar-refractivity contribution is 6.05. The fraction of sp³-hybridized carbons (Fsp3) is 0.632. The summed E-state index contributed by atoms with van der Waals surface area (Å²) in [7, 11) is 0. The van der Waals surface area contributed by atoms with Crippen molar-refractivity contribution in [3.63, 3.8) is 0 Å². The Morgan fingerprint density at radius 2 is 2.20 bits per heavy atom. The first-order valence-corrected chi connectivity index (χ1v) is 9.28. The largest absolute Gasteiger partial charge is 0.381 e. The standard InChI is InChI=1S/C19H26N4O2/c1-12(2)23-18-17(9-20-23)16(8-13(3)21-18)19(24)22(15-4-5-15)10-14-6-7-25-11-14/h8-9,12,14-15H,4-7,10-11H2,1-3H3/t14-/m1/s1. The Bertz CT molecular complexity index is 788. The second-order valence-corrected chi connectivity index (χ2v) is 7.65. The molecule has 1 atom stereocenters. The minimum Gasteiger partial charge on any atom is -0.381 e. The van der Waals surface area contributed by atoms with E-state index in [2.05, 4.69) is 28.8 Å². The molecule has 0 spiro atoms. The van der Waals surface area contributed by atoms with Crippen LogP contribution in [0, 0.1) is 12.8 Å². The highest BCUT2D eigenvalue weighted by Gasteiger charge is 2.36. The summed E-state index contributed by atoms with van der Waals surface area (Å²) in [6.45, 7) is 8.48. The van der Waals surface area contributed by atoms with E-state index in [0.717, 1.165) is 61.3 Å². The smallest absolute Gasteiger partial charge is 0.254 e. The van der Waals surface area contributed by atoms with Crippen LogP contribution in [0.1, 0.15) is 55.2 Å². The molecule has 0 N–H and O–H groups in total. The van der Waals surface area contributed by atoms with Crippen molar-refractivity contribution in [2.75, 3.05) is 19.8 Å². The zero-order valence-electron chi connectivity index (χ0n) is 15.2. The third-order valence-electron chi connectivity index (χ3n) is 5.14. The van der Waals surface area contributed by atoms with E-state index in [1.165, 1.54) is 0 Å². The number of aromatic nitrogens is 3. The van der Waals surface area contributed by atoms with Crippen molar-refractivity contribution in [1.29, 1.82) is 0 Å². The Morgan fingerprint density at radius 3 is 2.84 bits per heavy atom. The summed E-state index contributed by atoms with van der Waals surface area (Å²) in [5, 5.41) is 5.32. The molecule has 1 amide bonds. The van der Waals surface area contributed by atoms with E-state index < -0.39 is 0 Å². The maximum Gasteiger partial charge on any atom is 0.254 e. The highest BCUT2D eigenvalue weighted by Crippen LogP contribution is 2.32. The van der Waals surface area contributed by atoms with Crippen LogP contribution < -0.4 is 0 Å². The van der Waals surface area contributed by atoms with E-state index in [0.29, 0.717) is 12.0 Å². The number of fused-ring (bicyclic) bond motifs is 1. The Labute approximate surface area is 148 Å².